The maximum atomic E-state index is 8.44. The molecule has 0 aromatic heterocycles. The minimum atomic E-state index is -0.0944. The standard InChI is InChI=1S/C8H18N4O/c1-7(8(9)11-13)10-12-5-3-2-4-6-12/h7,10,13H,2-6H2,1H3,(H2,9,11). The van der Waals surface area contributed by atoms with Crippen LogP contribution in [0.15, 0.2) is 5.16 Å². The van der Waals surface area contributed by atoms with Crippen LogP contribution < -0.4 is 11.2 Å². The van der Waals surface area contributed by atoms with Gasteiger partial charge in [-0.05, 0) is 19.8 Å². The van der Waals surface area contributed by atoms with Gasteiger partial charge in [-0.1, -0.05) is 11.6 Å². The van der Waals surface area contributed by atoms with E-state index in [0.717, 1.165) is 13.1 Å². The van der Waals surface area contributed by atoms with Crippen LogP contribution in [0.1, 0.15) is 26.2 Å². The lowest BCUT2D eigenvalue weighted by Crippen LogP contribution is -2.50. The third kappa shape index (κ3) is 3.20. The monoisotopic (exact) mass is 186 g/mol. The van der Waals surface area contributed by atoms with E-state index < -0.39 is 0 Å². The quantitative estimate of drug-likeness (QED) is 0.253. The average Bonchev–Trinajstić information content (AvgIpc) is 2.18. The highest BCUT2D eigenvalue weighted by atomic mass is 16.4. The van der Waals surface area contributed by atoms with E-state index in [-0.39, 0.29) is 11.9 Å². The van der Waals surface area contributed by atoms with Crippen LogP contribution in [0.5, 0.6) is 0 Å². The first-order chi connectivity index (χ1) is 6.24. The smallest absolute Gasteiger partial charge is 0.157 e. The summed E-state index contributed by atoms with van der Waals surface area (Å²) in [5.74, 6) is 0.227. The number of amidine groups is 1. The Balaban J connectivity index is 2.30. The van der Waals surface area contributed by atoms with E-state index in [0.29, 0.717) is 0 Å². The van der Waals surface area contributed by atoms with E-state index in [1.807, 2.05) is 6.92 Å². The molecule has 0 spiro atoms. The highest BCUT2D eigenvalue weighted by molar-refractivity contribution is 5.84. The van der Waals surface area contributed by atoms with Crippen molar-refractivity contribution in [3.05, 3.63) is 0 Å². The lowest BCUT2D eigenvalue weighted by Gasteiger charge is -2.29. The molecule has 13 heavy (non-hydrogen) atoms. The number of hydrogen-bond donors (Lipinski definition) is 3. The van der Waals surface area contributed by atoms with Crippen LogP contribution in [-0.2, 0) is 0 Å². The minimum absolute atomic E-state index is 0.0944. The molecule has 1 unspecified atom stereocenters. The van der Waals surface area contributed by atoms with Crippen LogP contribution in [-0.4, -0.2) is 35.2 Å². The molecule has 5 nitrogen and oxygen atoms in total. The molecule has 0 saturated carbocycles. The molecule has 1 fully saturated rings. The van der Waals surface area contributed by atoms with Gasteiger partial charge in [0.15, 0.2) is 5.84 Å². The second-order valence-electron chi connectivity index (χ2n) is 3.42. The third-order valence-corrected chi connectivity index (χ3v) is 2.29. The van der Waals surface area contributed by atoms with E-state index >= 15 is 0 Å². The highest BCUT2D eigenvalue weighted by Gasteiger charge is 2.14. The van der Waals surface area contributed by atoms with E-state index in [4.69, 9.17) is 10.9 Å². The Bertz CT molecular complexity index is 177. The number of nitrogens with zero attached hydrogens (tertiary/aromatic N) is 2. The minimum Gasteiger partial charge on any atom is -0.409 e. The summed E-state index contributed by atoms with van der Waals surface area (Å²) in [4.78, 5) is 0. The van der Waals surface area contributed by atoms with Crippen LogP contribution in [0.3, 0.4) is 0 Å². The third-order valence-electron chi connectivity index (χ3n) is 2.29. The largest absolute Gasteiger partial charge is 0.409 e. The lowest BCUT2D eigenvalue weighted by molar-refractivity contribution is 0.146. The summed E-state index contributed by atoms with van der Waals surface area (Å²) < 4.78 is 0. The number of nitrogens with two attached hydrogens (primary N) is 1. The molecule has 76 valence electrons. The predicted molar refractivity (Wildman–Crippen MR) is 51.4 cm³/mol. The van der Waals surface area contributed by atoms with E-state index in [2.05, 4.69) is 15.6 Å². The molecule has 1 aliphatic heterocycles. The van der Waals surface area contributed by atoms with Gasteiger partial charge in [0.2, 0.25) is 0 Å². The van der Waals surface area contributed by atoms with Gasteiger partial charge >= 0.3 is 0 Å². The Morgan fingerprint density at radius 3 is 2.62 bits per heavy atom. The molecule has 0 aromatic carbocycles. The molecule has 1 atom stereocenters. The molecule has 4 N–H and O–H groups in total. The molecular formula is C8H18N4O. The Kier molecular flexibility index (Phi) is 3.98. The fourth-order valence-electron chi connectivity index (χ4n) is 1.45. The maximum Gasteiger partial charge on any atom is 0.157 e. The average molecular weight is 186 g/mol. The summed E-state index contributed by atoms with van der Waals surface area (Å²) in [6.07, 6.45) is 3.74. The molecule has 0 bridgehead atoms. The fourth-order valence-corrected chi connectivity index (χ4v) is 1.45. The van der Waals surface area contributed by atoms with Gasteiger partial charge in [-0.25, -0.2) is 10.4 Å². The van der Waals surface area contributed by atoms with Crippen molar-refractivity contribution in [2.45, 2.75) is 32.2 Å². The van der Waals surface area contributed by atoms with Gasteiger partial charge in [-0.2, -0.15) is 0 Å². The van der Waals surface area contributed by atoms with Crippen molar-refractivity contribution in [3.8, 4) is 0 Å². The normalized spacial score (nSPS) is 23.0. The van der Waals surface area contributed by atoms with E-state index in [1.54, 1.807) is 0 Å². The number of piperidine rings is 1. The molecule has 0 aromatic rings. The first-order valence-electron chi connectivity index (χ1n) is 4.72. The Hall–Kier alpha value is -0.810. The SMILES string of the molecule is CC(NN1CCCCC1)C(N)=NO. The number of hydrogen-bond acceptors (Lipinski definition) is 4. The topological polar surface area (TPSA) is 73.9 Å². The van der Waals surface area contributed by atoms with Crippen LogP contribution in [0.2, 0.25) is 0 Å². The van der Waals surface area contributed by atoms with E-state index in [1.165, 1.54) is 19.3 Å². The number of rotatable bonds is 3. The number of hydrazine groups is 1. The zero-order valence-electron chi connectivity index (χ0n) is 8.03. The number of oxime groups is 1. The molecule has 5 heteroatoms. The van der Waals surface area contributed by atoms with Gasteiger partial charge in [0, 0.05) is 13.1 Å². The summed E-state index contributed by atoms with van der Waals surface area (Å²) in [5.41, 5.74) is 8.63. The second-order valence-corrected chi connectivity index (χ2v) is 3.42. The zero-order chi connectivity index (χ0) is 9.68. The van der Waals surface area contributed by atoms with Gasteiger partial charge in [0.1, 0.15) is 0 Å². The summed E-state index contributed by atoms with van der Waals surface area (Å²) in [6.45, 7) is 3.97. The fraction of sp³-hybridized carbons (Fsp3) is 0.875. The van der Waals surface area contributed by atoms with Gasteiger partial charge in [0.05, 0.1) is 6.04 Å². The van der Waals surface area contributed by atoms with E-state index in [9.17, 15) is 0 Å². The molecule has 1 heterocycles. The van der Waals surface area contributed by atoms with Crippen LogP contribution >= 0.6 is 0 Å². The van der Waals surface area contributed by atoms with Crippen molar-refractivity contribution in [1.82, 2.24) is 10.4 Å². The molecule has 1 saturated heterocycles. The van der Waals surface area contributed by atoms with Gasteiger partial charge in [0.25, 0.3) is 0 Å². The van der Waals surface area contributed by atoms with Crippen LogP contribution in [0.4, 0.5) is 0 Å². The molecule has 1 rings (SSSR count). The molecule has 1 aliphatic rings. The Morgan fingerprint density at radius 2 is 2.08 bits per heavy atom. The molecule has 0 aliphatic carbocycles. The molecule has 0 amide bonds. The lowest BCUT2D eigenvalue weighted by atomic mass is 10.2. The predicted octanol–water partition coefficient (Wildman–Crippen LogP) is 0.112. The van der Waals surface area contributed by atoms with Crippen molar-refractivity contribution in [2.75, 3.05) is 13.1 Å². The first-order valence-corrected chi connectivity index (χ1v) is 4.72. The Labute approximate surface area is 78.6 Å². The summed E-state index contributed by atoms with van der Waals surface area (Å²) in [6, 6.07) is -0.0944. The van der Waals surface area contributed by atoms with Crippen molar-refractivity contribution in [3.63, 3.8) is 0 Å². The van der Waals surface area contributed by atoms with Crippen molar-refractivity contribution < 1.29 is 5.21 Å². The van der Waals surface area contributed by atoms with Crippen LogP contribution in [0.25, 0.3) is 0 Å². The highest BCUT2D eigenvalue weighted by Crippen LogP contribution is 2.06. The summed E-state index contributed by atoms with van der Waals surface area (Å²) in [5, 5.41) is 13.5. The van der Waals surface area contributed by atoms with Gasteiger partial charge in [-0.3, -0.25) is 0 Å². The molecule has 0 radical (unpaired) electrons. The second kappa shape index (κ2) is 5.04. The summed E-state index contributed by atoms with van der Waals surface area (Å²) in [7, 11) is 0. The zero-order valence-corrected chi connectivity index (χ0v) is 8.03. The Morgan fingerprint density at radius 1 is 1.46 bits per heavy atom. The van der Waals surface area contributed by atoms with Gasteiger partial charge < -0.3 is 10.9 Å². The van der Waals surface area contributed by atoms with Crippen molar-refractivity contribution >= 4 is 5.84 Å². The number of nitrogens with one attached hydrogen (secondary N) is 1. The van der Waals surface area contributed by atoms with Crippen LogP contribution in [0, 0.1) is 0 Å². The van der Waals surface area contributed by atoms with Gasteiger partial charge in [-0.15, -0.1) is 0 Å². The first kappa shape index (κ1) is 10.3. The summed E-state index contributed by atoms with van der Waals surface area (Å²) >= 11 is 0. The molecular weight excluding hydrogens is 168 g/mol. The van der Waals surface area contributed by atoms with Crippen molar-refractivity contribution in [2.24, 2.45) is 10.9 Å². The van der Waals surface area contributed by atoms with Crippen molar-refractivity contribution in [1.29, 1.82) is 0 Å². The maximum absolute atomic E-state index is 8.44.